The minimum absolute atomic E-state index is 0.770. The van der Waals surface area contributed by atoms with Crippen LogP contribution in [-0.2, 0) is 6.54 Å². The molecular formula is C17H27N3. The van der Waals surface area contributed by atoms with Crippen LogP contribution in [-0.4, -0.2) is 24.6 Å². The second-order valence-electron chi connectivity index (χ2n) is 6.56. The number of nitrogens with one attached hydrogen (secondary N) is 1. The number of hydrogen-bond donors (Lipinski definition) is 1. The molecule has 2 aliphatic rings. The molecule has 3 rings (SSSR count). The first-order valence-electron chi connectivity index (χ1n) is 8.21. The van der Waals surface area contributed by atoms with Gasteiger partial charge in [-0.1, -0.05) is 19.3 Å². The molecule has 20 heavy (non-hydrogen) atoms. The molecule has 0 aliphatic heterocycles. The molecule has 1 N–H and O–H groups in total. The van der Waals surface area contributed by atoms with Gasteiger partial charge in [-0.15, -0.1) is 0 Å². The van der Waals surface area contributed by atoms with Crippen LogP contribution in [0.1, 0.15) is 50.5 Å². The van der Waals surface area contributed by atoms with Crippen molar-refractivity contribution in [1.29, 1.82) is 0 Å². The molecule has 0 radical (unpaired) electrons. The highest BCUT2D eigenvalue weighted by atomic mass is 15.2. The monoisotopic (exact) mass is 273 g/mol. The Morgan fingerprint density at radius 3 is 2.75 bits per heavy atom. The van der Waals surface area contributed by atoms with Crippen LogP contribution in [0, 0.1) is 5.92 Å². The number of anilines is 1. The molecule has 2 saturated carbocycles. The first kappa shape index (κ1) is 13.9. The maximum absolute atomic E-state index is 4.55. The number of hydrogen-bond acceptors (Lipinski definition) is 3. The standard InChI is InChI=1S/C17H27N3/c1-20(13-14-5-3-2-4-6-14)17-11-15(9-10-18-17)12-19-16-7-8-16/h9-11,14,16,19H,2-8,12-13H2,1H3. The van der Waals surface area contributed by atoms with E-state index in [-0.39, 0.29) is 0 Å². The van der Waals surface area contributed by atoms with Crippen LogP contribution in [0.5, 0.6) is 0 Å². The van der Waals surface area contributed by atoms with Crippen molar-refractivity contribution >= 4 is 5.82 Å². The largest absolute Gasteiger partial charge is 0.359 e. The molecular weight excluding hydrogens is 246 g/mol. The maximum Gasteiger partial charge on any atom is 0.128 e. The van der Waals surface area contributed by atoms with Crippen LogP contribution in [0.15, 0.2) is 18.3 Å². The molecule has 0 atom stereocenters. The molecule has 2 aliphatic carbocycles. The summed E-state index contributed by atoms with van der Waals surface area (Å²) >= 11 is 0. The summed E-state index contributed by atoms with van der Waals surface area (Å²) < 4.78 is 0. The van der Waals surface area contributed by atoms with Crippen molar-refractivity contribution in [3.05, 3.63) is 23.9 Å². The van der Waals surface area contributed by atoms with E-state index in [1.54, 1.807) is 0 Å². The van der Waals surface area contributed by atoms with Gasteiger partial charge in [-0.2, -0.15) is 0 Å². The van der Waals surface area contributed by atoms with Gasteiger partial charge in [0.05, 0.1) is 0 Å². The minimum Gasteiger partial charge on any atom is -0.359 e. The van der Waals surface area contributed by atoms with Gasteiger partial charge in [0.1, 0.15) is 5.82 Å². The van der Waals surface area contributed by atoms with E-state index in [4.69, 9.17) is 0 Å². The van der Waals surface area contributed by atoms with Crippen molar-refractivity contribution in [2.75, 3.05) is 18.5 Å². The van der Waals surface area contributed by atoms with E-state index in [0.29, 0.717) is 0 Å². The maximum atomic E-state index is 4.55. The molecule has 110 valence electrons. The zero-order valence-corrected chi connectivity index (χ0v) is 12.6. The van der Waals surface area contributed by atoms with Crippen molar-refractivity contribution < 1.29 is 0 Å². The van der Waals surface area contributed by atoms with Gasteiger partial charge >= 0.3 is 0 Å². The van der Waals surface area contributed by atoms with E-state index in [1.807, 2.05) is 6.20 Å². The fourth-order valence-corrected chi connectivity index (χ4v) is 3.18. The van der Waals surface area contributed by atoms with Crippen LogP contribution in [0.4, 0.5) is 5.82 Å². The summed E-state index contributed by atoms with van der Waals surface area (Å²) in [4.78, 5) is 6.89. The molecule has 3 nitrogen and oxygen atoms in total. The minimum atomic E-state index is 0.770. The first-order valence-corrected chi connectivity index (χ1v) is 8.21. The van der Waals surface area contributed by atoms with Crippen LogP contribution in [0.2, 0.25) is 0 Å². The van der Waals surface area contributed by atoms with E-state index in [2.05, 4.69) is 34.4 Å². The van der Waals surface area contributed by atoms with E-state index in [1.165, 1.54) is 50.5 Å². The summed E-state index contributed by atoms with van der Waals surface area (Å²) in [5, 5.41) is 3.57. The van der Waals surface area contributed by atoms with Gasteiger partial charge in [-0.25, -0.2) is 4.98 Å². The lowest BCUT2D eigenvalue weighted by Gasteiger charge is -2.27. The van der Waals surface area contributed by atoms with Gasteiger partial charge in [0, 0.05) is 32.4 Å². The van der Waals surface area contributed by atoms with Crippen molar-refractivity contribution in [1.82, 2.24) is 10.3 Å². The lowest BCUT2D eigenvalue weighted by atomic mass is 9.89. The van der Waals surface area contributed by atoms with Crippen molar-refractivity contribution in [2.45, 2.75) is 57.5 Å². The van der Waals surface area contributed by atoms with E-state index >= 15 is 0 Å². The highest BCUT2D eigenvalue weighted by molar-refractivity contribution is 5.40. The highest BCUT2D eigenvalue weighted by Gasteiger charge is 2.20. The number of pyridine rings is 1. The van der Waals surface area contributed by atoms with Crippen molar-refractivity contribution in [3.63, 3.8) is 0 Å². The van der Waals surface area contributed by atoms with Gasteiger partial charge in [0.25, 0.3) is 0 Å². The van der Waals surface area contributed by atoms with Crippen LogP contribution >= 0.6 is 0 Å². The molecule has 0 aromatic carbocycles. The third-order valence-corrected chi connectivity index (χ3v) is 4.63. The second-order valence-corrected chi connectivity index (χ2v) is 6.56. The van der Waals surface area contributed by atoms with Gasteiger partial charge in [-0.3, -0.25) is 0 Å². The third kappa shape index (κ3) is 3.95. The molecule has 1 aromatic rings. The summed E-state index contributed by atoms with van der Waals surface area (Å²) in [6, 6.07) is 5.15. The SMILES string of the molecule is CN(CC1CCCCC1)c1cc(CNC2CC2)ccn1. The van der Waals surface area contributed by atoms with Gasteiger partial charge in [0.2, 0.25) is 0 Å². The van der Waals surface area contributed by atoms with E-state index in [9.17, 15) is 0 Å². The van der Waals surface area contributed by atoms with Crippen LogP contribution < -0.4 is 10.2 Å². The second kappa shape index (κ2) is 6.57. The third-order valence-electron chi connectivity index (χ3n) is 4.63. The molecule has 0 bridgehead atoms. The van der Waals surface area contributed by atoms with Crippen molar-refractivity contribution in [2.24, 2.45) is 5.92 Å². The normalized spacial score (nSPS) is 20.1. The zero-order chi connectivity index (χ0) is 13.8. The molecule has 0 unspecified atom stereocenters. The summed E-state index contributed by atoms with van der Waals surface area (Å²) in [6.45, 7) is 2.14. The predicted octanol–water partition coefficient (Wildman–Crippen LogP) is 3.35. The summed E-state index contributed by atoms with van der Waals surface area (Å²) in [5.74, 6) is 1.99. The number of aromatic nitrogens is 1. The Labute approximate surface area is 122 Å². The Balaban J connectivity index is 1.55. The quantitative estimate of drug-likeness (QED) is 0.861. The number of rotatable bonds is 6. The van der Waals surface area contributed by atoms with E-state index < -0.39 is 0 Å². The van der Waals surface area contributed by atoms with Gasteiger partial charge in [0.15, 0.2) is 0 Å². The first-order chi connectivity index (χ1) is 9.81. The fourth-order valence-electron chi connectivity index (χ4n) is 3.18. The molecule has 3 heteroatoms. The Hall–Kier alpha value is -1.09. The molecule has 1 heterocycles. The molecule has 0 spiro atoms. The Morgan fingerprint density at radius 1 is 1.20 bits per heavy atom. The highest BCUT2D eigenvalue weighted by Crippen LogP contribution is 2.25. The average Bonchev–Trinajstić information content (AvgIpc) is 3.31. The Kier molecular flexibility index (Phi) is 4.56. The Morgan fingerprint density at radius 2 is 2.00 bits per heavy atom. The van der Waals surface area contributed by atoms with Crippen LogP contribution in [0.3, 0.4) is 0 Å². The zero-order valence-electron chi connectivity index (χ0n) is 12.6. The topological polar surface area (TPSA) is 28.2 Å². The smallest absolute Gasteiger partial charge is 0.128 e. The van der Waals surface area contributed by atoms with E-state index in [0.717, 1.165) is 30.9 Å². The van der Waals surface area contributed by atoms with Gasteiger partial charge in [-0.05, 0) is 49.3 Å². The molecule has 2 fully saturated rings. The van der Waals surface area contributed by atoms with Gasteiger partial charge < -0.3 is 10.2 Å². The molecule has 0 amide bonds. The fraction of sp³-hybridized carbons (Fsp3) is 0.706. The molecule has 0 saturated heterocycles. The molecule has 1 aromatic heterocycles. The number of nitrogens with zero attached hydrogens (tertiary/aromatic N) is 2. The van der Waals surface area contributed by atoms with Crippen LogP contribution in [0.25, 0.3) is 0 Å². The summed E-state index contributed by atoms with van der Waals surface area (Å²) in [5.41, 5.74) is 1.36. The summed E-state index contributed by atoms with van der Waals surface area (Å²) in [6.07, 6.45) is 11.7. The lowest BCUT2D eigenvalue weighted by Crippen LogP contribution is -2.27. The predicted molar refractivity (Wildman–Crippen MR) is 83.9 cm³/mol. The summed E-state index contributed by atoms with van der Waals surface area (Å²) in [7, 11) is 2.19. The van der Waals surface area contributed by atoms with Crippen molar-refractivity contribution in [3.8, 4) is 0 Å². The average molecular weight is 273 g/mol. The lowest BCUT2D eigenvalue weighted by molar-refractivity contribution is 0.361. The Bertz CT molecular complexity index is 422.